The van der Waals surface area contributed by atoms with E-state index in [2.05, 4.69) is 31.6 Å². The molecule has 3 rings (SSSR count). The van der Waals surface area contributed by atoms with Crippen LogP contribution >= 0.6 is 15.9 Å². The fourth-order valence-corrected chi connectivity index (χ4v) is 2.53. The molecule has 1 aromatic heterocycles. The number of nitrogens with zero attached hydrogens (tertiary/aromatic N) is 2. The Morgan fingerprint density at radius 1 is 1.19 bits per heavy atom. The molecule has 0 radical (unpaired) electrons. The Kier molecular flexibility index (Phi) is 5.62. The number of carbonyl (C=O) groups is 1. The molecular formula is C18H15BrFN3O3. The van der Waals surface area contributed by atoms with Crippen LogP contribution in [0.5, 0.6) is 5.75 Å². The first kappa shape index (κ1) is 18.1. The van der Waals surface area contributed by atoms with E-state index in [4.69, 9.17) is 9.37 Å². The van der Waals surface area contributed by atoms with Gasteiger partial charge in [-0.3, -0.25) is 4.79 Å². The maximum Gasteiger partial charge on any atom is 0.266 e. The van der Waals surface area contributed by atoms with Gasteiger partial charge in [0.15, 0.2) is 11.8 Å². The number of hydrogen-bond acceptors (Lipinski definition) is 5. The molecule has 0 spiro atoms. The summed E-state index contributed by atoms with van der Waals surface area (Å²) in [6, 6.07) is 12.8. The zero-order valence-electron chi connectivity index (χ0n) is 13.8. The van der Waals surface area contributed by atoms with Crippen molar-refractivity contribution in [3.05, 3.63) is 58.8 Å². The van der Waals surface area contributed by atoms with Crippen LogP contribution in [0.2, 0.25) is 0 Å². The van der Waals surface area contributed by atoms with Gasteiger partial charge in [0.05, 0.1) is 0 Å². The maximum atomic E-state index is 13.0. The molecule has 0 saturated carbocycles. The molecule has 1 heterocycles. The van der Waals surface area contributed by atoms with Crippen molar-refractivity contribution in [2.24, 2.45) is 0 Å². The molecule has 0 saturated heterocycles. The molecule has 0 aliphatic heterocycles. The van der Waals surface area contributed by atoms with E-state index in [1.807, 2.05) is 31.2 Å². The summed E-state index contributed by atoms with van der Waals surface area (Å²) in [5.74, 6) is -0.160. The highest BCUT2D eigenvalue weighted by molar-refractivity contribution is 9.10. The lowest BCUT2D eigenvalue weighted by atomic mass is 10.1. The molecule has 3 aromatic rings. The third-order valence-corrected chi connectivity index (χ3v) is 4.13. The van der Waals surface area contributed by atoms with Crippen LogP contribution in [-0.4, -0.2) is 22.3 Å². The van der Waals surface area contributed by atoms with Gasteiger partial charge in [-0.15, -0.1) is 0 Å². The minimum atomic E-state index is -0.769. The zero-order valence-corrected chi connectivity index (χ0v) is 15.4. The van der Waals surface area contributed by atoms with Gasteiger partial charge < -0.3 is 10.1 Å². The van der Waals surface area contributed by atoms with Gasteiger partial charge in [-0.05, 0) is 53.1 Å². The molecule has 1 amide bonds. The lowest BCUT2D eigenvalue weighted by molar-refractivity contribution is -0.122. The van der Waals surface area contributed by atoms with Crippen LogP contribution in [0, 0.1) is 5.82 Å². The second-order valence-electron chi connectivity index (χ2n) is 5.43. The Labute approximate surface area is 157 Å². The van der Waals surface area contributed by atoms with E-state index in [1.54, 1.807) is 0 Å². The van der Waals surface area contributed by atoms with Gasteiger partial charge in [-0.25, -0.2) is 9.02 Å². The molecule has 0 aliphatic carbocycles. The predicted molar refractivity (Wildman–Crippen MR) is 97.2 cm³/mol. The summed E-state index contributed by atoms with van der Waals surface area (Å²) in [5.41, 5.74) is 1.17. The van der Waals surface area contributed by atoms with Crippen molar-refractivity contribution in [2.75, 3.05) is 5.32 Å². The molecule has 8 heteroatoms. The molecule has 1 N–H and O–H groups in total. The maximum absolute atomic E-state index is 13.0. The van der Waals surface area contributed by atoms with Crippen LogP contribution in [0.4, 0.5) is 10.2 Å². The quantitative estimate of drug-likeness (QED) is 0.638. The van der Waals surface area contributed by atoms with Gasteiger partial charge in [0.1, 0.15) is 11.6 Å². The van der Waals surface area contributed by atoms with E-state index in [0.717, 1.165) is 10.0 Å². The molecule has 0 fully saturated rings. The Bertz CT molecular complexity index is 881. The summed E-state index contributed by atoms with van der Waals surface area (Å²) in [7, 11) is 0. The Morgan fingerprint density at radius 2 is 1.88 bits per heavy atom. The van der Waals surface area contributed by atoms with Gasteiger partial charge in [0, 0.05) is 10.0 Å². The summed E-state index contributed by atoms with van der Waals surface area (Å²) in [6.07, 6.45) is -0.350. The van der Waals surface area contributed by atoms with Crippen molar-refractivity contribution in [3.8, 4) is 17.0 Å². The summed E-state index contributed by atoms with van der Waals surface area (Å²) in [5, 5.41) is 10.3. The number of aromatic nitrogens is 2. The topological polar surface area (TPSA) is 77.2 Å². The lowest BCUT2D eigenvalue weighted by Crippen LogP contribution is -2.32. The lowest BCUT2D eigenvalue weighted by Gasteiger charge is -2.16. The number of ether oxygens (including phenoxy) is 1. The fraction of sp³-hybridized carbons (Fsp3) is 0.167. The molecule has 6 nitrogen and oxygen atoms in total. The molecule has 2 aromatic carbocycles. The predicted octanol–water partition coefficient (Wildman–Crippen LogP) is 4.43. The van der Waals surface area contributed by atoms with Gasteiger partial charge in [-0.2, -0.15) is 0 Å². The highest BCUT2D eigenvalue weighted by Gasteiger charge is 2.22. The second kappa shape index (κ2) is 8.09. The van der Waals surface area contributed by atoms with Gasteiger partial charge in [0.2, 0.25) is 5.82 Å². The van der Waals surface area contributed by atoms with E-state index in [0.29, 0.717) is 17.9 Å². The number of benzene rings is 2. The van der Waals surface area contributed by atoms with Gasteiger partial charge in [-0.1, -0.05) is 35.0 Å². The van der Waals surface area contributed by atoms with E-state index in [9.17, 15) is 9.18 Å². The molecule has 134 valence electrons. The summed E-state index contributed by atoms with van der Waals surface area (Å²) >= 11 is 3.36. The molecule has 0 aliphatic rings. The van der Waals surface area contributed by atoms with Crippen LogP contribution in [-0.2, 0) is 4.79 Å². The first-order valence-electron chi connectivity index (χ1n) is 7.88. The highest BCUT2D eigenvalue weighted by atomic mass is 79.9. The largest absolute Gasteiger partial charge is 0.481 e. The smallest absolute Gasteiger partial charge is 0.266 e. The van der Waals surface area contributed by atoms with Crippen LogP contribution in [0.15, 0.2) is 57.6 Å². The summed E-state index contributed by atoms with van der Waals surface area (Å²) in [4.78, 5) is 12.5. The van der Waals surface area contributed by atoms with Crippen molar-refractivity contribution in [1.82, 2.24) is 10.3 Å². The van der Waals surface area contributed by atoms with Crippen molar-refractivity contribution >= 4 is 27.7 Å². The highest BCUT2D eigenvalue weighted by Crippen LogP contribution is 2.26. The SMILES string of the molecule is CC[C@@H](Oc1ccc(F)cc1)C(=O)Nc1nonc1-c1ccc(Br)cc1. The Morgan fingerprint density at radius 3 is 2.54 bits per heavy atom. The molecule has 0 bridgehead atoms. The molecule has 0 unspecified atom stereocenters. The van der Waals surface area contributed by atoms with E-state index in [1.165, 1.54) is 24.3 Å². The van der Waals surface area contributed by atoms with Crippen LogP contribution < -0.4 is 10.1 Å². The zero-order chi connectivity index (χ0) is 18.5. The van der Waals surface area contributed by atoms with Crippen LogP contribution in [0.3, 0.4) is 0 Å². The van der Waals surface area contributed by atoms with E-state index >= 15 is 0 Å². The number of rotatable bonds is 6. The van der Waals surface area contributed by atoms with Crippen molar-refractivity contribution < 1.29 is 18.6 Å². The van der Waals surface area contributed by atoms with Crippen LogP contribution in [0.1, 0.15) is 13.3 Å². The first-order chi connectivity index (χ1) is 12.6. The monoisotopic (exact) mass is 419 g/mol. The summed E-state index contributed by atoms with van der Waals surface area (Å²) in [6.45, 7) is 1.81. The average Bonchev–Trinajstić information content (AvgIpc) is 3.10. The standard InChI is InChI=1S/C18H15BrFN3O3/c1-2-15(25-14-9-7-13(20)8-10-14)18(24)21-17-16(22-26-23-17)11-3-5-12(19)6-4-11/h3-10,15H,2H2,1H3,(H,21,23,24)/t15-/m1/s1. The minimum absolute atomic E-state index is 0.207. The first-order valence-corrected chi connectivity index (χ1v) is 8.67. The number of carbonyl (C=O) groups excluding carboxylic acids is 1. The number of amides is 1. The third-order valence-electron chi connectivity index (χ3n) is 3.60. The Balaban J connectivity index is 1.73. The van der Waals surface area contributed by atoms with Crippen molar-refractivity contribution in [2.45, 2.75) is 19.4 Å². The summed E-state index contributed by atoms with van der Waals surface area (Å²) < 4.78 is 24.3. The minimum Gasteiger partial charge on any atom is -0.481 e. The van der Waals surface area contributed by atoms with Gasteiger partial charge in [0.25, 0.3) is 5.91 Å². The van der Waals surface area contributed by atoms with Crippen molar-refractivity contribution in [3.63, 3.8) is 0 Å². The van der Waals surface area contributed by atoms with Crippen LogP contribution in [0.25, 0.3) is 11.3 Å². The van der Waals surface area contributed by atoms with E-state index in [-0.39, 0.29) is 11.6 Å². The fourth-order valence-electron chi connectivity index (χ4n) is 2.26. The average molecular weight is 420 g/mol. The van der Waals surface area contributed by atoms with Crippen molar-refractivity contribution in [1.29, 1.82) is 0 Å². The Hall–Kier alpha value is -2.74. The van der Waals surface area contributed by atoms with E-state index < -0.39 is 12.0 Å². The molecular weight excluding hydrogens is 405 g/mol. The normalized spacial score (nSPS) is 11.8. The third kappa shape index (κ3) is 4.26. The van der Waals surface area contributed by atoms with Gasteiger partial charge >= 0.3 is 0 Å². The molecule has 1 atom stereocenters. The number of nitrogens with one attached hydrogen (secondary N) is 1. The second-order valence-corrected chi connectivity index (χ2v) is 6.34. The molecule has 26 heavy (non-hydrogen) atoms. The number of anilines is 1. The number of halogens is 2. The number of hydrogen-bond donors (Lipinski definition) is 1.